The van der Waals surface area contributed by atoms with E-state index in [2.05, 4.69) is 5.32 Å². The standard InChI is InChI=1S/C19H26N2O3/c1-14(12-18(22)21(4)16-8-6-5-7-9-16)20-13-19(3,23)17-11-10-15(2)24-17/h5-11,14,20,23H,12-13H2,1-4H3. The number of rotatable bonds is 7. The first-order chi connectivity index (χ1) is 11.3. The van der Waals surface area contributed by atoms with Crippen LogP contribution in [0.2, 0.25) is 0 Å². The molecule has 2 rings (SSSR count). The Balaban J connectivity index is 1.86. The summed E-state index contributed by atoms with van der Waals surface area (Å²) >= 11 is 0. The third-order valence-electron chi connectivity index (χ3n) is 4.06. The Hall–Kier alpha value is -2.11. The van der Waals surface area contributed by atoms with Crippen LogP contribution in [0.3, 0.4) is 0 Å². The topological polar surface area (TPSA) is 65.7 Å². The number of nitrogens with zero attached hydrogens (tertiary/aromatic N) is 1. The van der Waals surface area contributed by atoms with Crippen molar-refractivity contribution in [3.8, 4) is 0 Å². The van der Waals surface area contributed by atoms with Gasteiger partial charge in [-0.1, -0.05) is 18.2 Å². The number of furan rings is 1. The Morgan fingerprint density at radius 1 is 1.29 bits per heavy atom. The molecule has 2 aromatic rings. The van der Waals surface area contributed by atoms with Crippen LogP contribution in [0.1, 0.15) is 31.8 Å². The van der Waals surface area contributed by atoms with Gasteiger partial charge in [0.1, 0.15) is 17.1 Å². The van der Waals surface area contributed by atoms with Crippen LogP contribution < -0.4 is 10.2 Å². The summed E-state index contributed by atoms with van der Waals surface area (Å²) in [5, 5.41) is 13.7. The highest BCUT2D eigenvalue weighted by atomic mass is 16.4. The lowest BCUT2D eigenvalue weighted by Gasteiger charge is -2.25. The number of hydrogen-bond donors (Lipinski definition) is 2. The highest BCUT2D eigenvalue weighted by Gasteiger charge is 2.27. The van der Waals surface area contributed by atoms with E-state index in [-0.39, 0.29) is 11.9 Å². The van der Waals surface area contributed by atoms with Crippen molar-refractivity contribution in [3.05, 3.63) is 54.0 Å². The predicted octanol–water partition coefficient (Wildman–Crippen LogP) is 2.83. The number of aliphatic hydroxyl groups is 1. The third kappa shape index (κ3) is 4.69. The number of benzene rings is 1. The van der Waals surface area contributed by atoms with Gasteiger partial charge in [0.2, 0.25) is 5.91 Å². The predicted molar refractivity (Wildman–Crippen MR) is 94.9 cm³/mol. The lowest BCUT2D eigenvalue weighted by Crippen LogP contribution is -2.42. The number of aryl methyl sites for hydroxylation is 1. The highest BCUT2D eigenvalue weighted by molar-refractivity contribution is 5.93. The number of anilines is 1. The first-order valence-electron chi connectivity index (χ1n) is 8.14. The van der Waals surface area contributed by atoms with Crippen molar-refractivity contribution in [2.75, 3.05) is 18.5 Å². The molecule has 0 fully saturated rings. The minimum Gasteiger partial charge on any atom is -0.463 e. The number of carbonyl (C=O) groups is 1. The zero-order chi connectivity index (χ0) is 17.7. The quantitative estimate of drug-likeness (QED) is 0.819. The summed E-state index contributed by atoms with van der Waals surface area (Å²) in [5.74, 6) is 1.31. The van der Waals surface area contributed by atoms with Gasteiger partial charge in [0.05, 0.1) is 0 Å². The summed E-state index contributed by atoms with van der Waals surface area (Å²) in [6, 6.07) is 13.1. The van der Waals surface area contributed by atoms with Crippen LogP contribution in [-0.2, 0) is 10.4 Å². The van der Waals surface area contributed by atoms with E-state index in [0.717, 1.165) is 11.4 Å². The van der Waals surface area contributed by atoms with Crippen molar-refractivity contribution in [1.29, 1.82) is 0 Å². The summed E-state index contributed by atoms with van der Waals surface area (Å²) in [4.78, 5) is 14.0. The average molecular weight is 330 g/mol. The van der Waals surface area contributed by atoms with Crippen molar-refractivity contribution in [1.82, 2.24) is 5.32 Å². The normalized spacial score (nSPS) is 14.9. The second kappa shape index (κ2) is 7.64. The minimum atomic E-state index is -1.11. The van der Waals surface area contributed by atoms with E-state index in [0.29, 0.717) is 18.7 Å². The zero-order valence-corrected chi connectivity index (χ0v) is 14.7. The van der Waals surface area contributed by atoms with E-state index in [1.807, 2.05) is 50.2 Å². The Morgan fingerprint density at radius 3 is 2.54 bits per heavy atom. The van der Waals surface area contributed by atoms with Crippen molar-refractivity contribution in [3.63, 3.8) is 0 Å². The van der Waals surface area contributed by atoms with Crippen LogP contribution in [0.25, 0.3) is 0 Å². The lowest BCUT2D eigenvalue weighted by atomic mass is 10.0. The molecule has 0 aliphatic rings. The minimum absolute atomic E-state index is 0.0229. The molecule has 130 valence electrons. The average Bonchev–Trinajstić information content (AvgIpc) is 3.00. The molecule has 1 aromatic carbocycles. The summed E-state index contributed by atoms with van der Waals surface area (Å²) in [7, 11) is 1.77. The molecule has 0 spiro atoms. The molecule has 0 radical (unpaired) electrons. The maximum absolute atomic E-state index is 12.4. The van der Waals surface area contributed by atoms with Crippen LogP contribution >= 0.6 is 0 Å². The van der Waals surface area contributed by atoms with Crippen molar-refractivity contribution in [2.24, 2.45) is 0 Å². The molecule has 5 nitrogen and oxygen atoms in total. The second-order valence-electron chi connectivity index (χ2n) is 6.46. The van der Waals surface area contributed by atoms with Crippen molar-refractivity contribution >= 4 is 11.6 Å². The number of para-hydroxylation sites is 1. The van der Waals surface area contributed by atoms with Crippen LogP contribution in [0.15, 0.2) is 46.9 Å². The molecule has 0 aliphatic heterocycles. The van der Waals surface area contributed by atoms with E-state index in [1.54, 1.807) is 24.9 Å². The fourth-order valence-electron chi connectivity index (χ4n) is 2.45. The summed E-state index contributed by atoms with van der Waals surface area (Å²) in [5.41, 5.74) is -0.246. The molecule has 0 saturated heterocycles. The molecule has 1 amide bonds. The lowest BCUT2D eigenvalue weighted by molar-refractivity contribution is -0.118. The van der Waals surface area contributed by atoms with E-state index in [9.17, 15) is 9.90 Å². The molecule has 5 heteroatoms. The monoisotopic (exact) mass is 330 g/mol. The highest BCUT2D eigenvalue weighted by Crippen LogP contribution is 2.22. The van der Waals surface area contributed by atoms with Gasteiger partial charge in [0.15, 0.2) is 0 Å². The number of nitrogens with one attached hydrogen (secondary N) is 1. The van der Waals surface area contributed by atoms with Gasteiger partial charge in [-0.05, 0) is 45.0 Å². The largest absolute Gasteiger partial charge is 0.463 e. The SMILES string of the molecule is Cc1ccc(C(C)(O)CNC(C)CC(=O)N(C)c2ccccc2)o1. The molecule has 24 heavy (non-hydrogen) atoms. The maximum Gasteiger partial charge on any atom is 0.228 e. The molecule has 0 saturated carbocycles. The van der Waals surface area contributed by atoms with Gasteiger partial charge in [0, 0.05) is 31.7 Å². The zero-order valence-electron chi connectivity index (χ0n) is 14.7. The third-order valence-corrected chi connectivity index (χ3v) is 4.06. The van der Waals surface area contributed by atoms with Crippen LogP contribution in [0, 0.1) is 6.92 Å². The Kier molecular flexibility index (Phi) is 5.80. The van der Waals surface area contributed by atoms with Crippen LogP contribution in [-0.4, -0.2) is 30.6 Å². The number of carbonyl (C=O) groups excluding carboxylic acids is 1. The summed E-state index contributed by atoms with van der Waals surface area (Å²) in [6.07, 6.45) is 0.346. The maximum atomic E-state index is 12.4. The van der Waals surface area contributed by atoms with Gasteiger partial charge in [-0.2, -0.15) is 0 Å². The van der Waals surface area contributed by atoms with E-state index in [1.165, 1.54) is 0 Å². The van der Waals surface area contributed by atoms with Gasteiger partial charge < -0.3 is 19.7 Å². The molecule has 2 unspecified atom stereocenters. The second-order valence-corrected chi connectivity index (χ2v) is 6.46. The fourth-order valence-corrected chi connectivity index (χ4v) is 2.45. The molecule has 0 aliphatic carbocycles. The fraction of sp³-hybridized carbons (Fsp3) is 0.421. The molecule has 1 heterocycles. The van der Waals surface area contributed by atoms with Gasteiger partial charge in [-0.3, -0.25) is 4.79 Å². The first kappa shape index (κ1) is 18.2. The van der Waals surface area contributed by atoms with Gasteiger partial charge >= 0.3 is 0 Å². The van der Waals surface area contributed by atoms with Crippen molar-refractivity contribution in [2.45, 2.75) is 38.8 Å². The Labute approximate surface area is 143 Å². The van der Waals surface area contributed by atoms with Crippen molar-refractivity contribution < 1.29 is 14.3 Å². The smallest absolute Gasteiger partial charge is 0.228 e. The number of amides is 1. The van der Waals surface area contributed by atoms with Gasteiger partial charge in [0.25, 0.3) is 0 Å². The molecule has 2 N–H and O–H groups in total. The summed E-state index contributed by atoms with van der Waals surface area (Å²) in [6.45, 7) is 5.78. The molecule has 2 atom stereocenters. The van der Waals surface area contributed by atoms with E-state index < -0.39 is 5.60 Å². The first-order valence-corrected chi connectivity index (χ1v) is 8.14. The molecule has 1 aromatic heterocycles. The number of hydrogen-bond acceptors (Lipinski definition) is 4. The van der Waals surface area contributed by atoms with E-state index >= 15 is 0 Å². The molecule has 0 bridgehead atoms. The molecular formula is C19H26N2O3. The Bertz CT molecular complexity index is 664. The summed E-state index contributed by atoms with van der Waals surface area (Å²) < 4.78 is 5.49. The Morgan fingerprint density at radius 2 is 1.96 bits per heavy atom. The van der Waals surface area contributed by atoms with Gasteiger partial charge in [-0.15, -0.1) is 0 Å². The van der Waals surface area contributed by atoms with E-state index in [4.69, 9.17) is 4.42 Å². The van der Waals surface area contributed by atoms with Crippen LogP contribution in [0.5, 0.6) is 0 Å². The molecular weight excluding hydrogens is 304 g/mol. The van der Waals surface area contributed by atoms with Crippen LogP contribution in [0.4, 0.5) is 5.69 Å². The van der Waals surface area contributed by atoms with Gasteiger partial charge in [-0.25, -0.2) is 0 Å².